The van der Waals surface area contributed by atoms with Crippen LogP contribution >= 0.6 is 11.6 Å². The van der Waals surface area contributed by atoms with E-state index >= 15 is 0 Å². The Morgan fingerprint density at radius 3 is 2.11 bits per heavy atom. The second-order valence-electron chi connectivity index (χ2n) is 6.61. The predicted molar refractivity (Wildman–Crippen MR) is 111 cm³/mol. The van der Waals surface area contributed by atoms with E-state index in [1.54, 1.807) is 16.8 Å². The van der Waals surface area contributed by atoms with E-state index in [1.165, 1.54) is 18.1 Å². The number of carbonyl (C=O) groups is 1. The average molecular weight is 391 g/mol. The standard InChI is InChI=1S/C22H19ClN4O/c1-16(28)19-13-24-27-21(12-20(23)25-22(19)27)26(14-17-8-4-2-5-9-17)15-18-10-6-3-7-11-18/h2-13H,14-15H2,1H3. The number of benzene rings is 2. The molecule has 0 N–H and O–H groups in total. The molecule has 0 aliphatic rings. The Morgan fingerprint density at radius 2 is 1.57 bits per heavy atom. The van der Waals surface area contributed by atoms with E-state index in [1.807, 2.05) is 36.4 Å². The average Bonchev–Trinajstić information content (AvgIpc) is 3.12. The van der Waals surface area contributed by atoms with Crippen molar-refractivity contribution < 1.29 is 4.79 Å². The number of hydrogen-bond acceptors (Lipinski definition) is 4. The summed E-state index contributed by atoms with van der Waals surface area (Å²) in [6.45, 7) is 2.84. The van der Waals surface area contributed by atoms with Gasteiger partial charge in [0.25, 0.3) is 0 Å². The van der Waals surface area contributed by atoms with E-state index < -0.39 is 0 Å². The van der Waals surface area contributed by atoms with Gasteiger partial charge in [-0.25, -0.2) is 4.98 Å². The lowest BCUT2D eigenvalue weighted by molar-refractivity contribution is 0.101. The molecule has 6 heteroatoms. The third-order valence-electron chi connectivity index (χ3n) is 4.56. The molecule has 0 atom stereocenters. The molecule has 4 aromatic rings. The van der Waals surface area contributed by atoms with Gasteiger partial charge in [-0.3, -0.25) is 4.79 Å². The number of nitrogens with zero attached hydrogens (tertiary/aromatic N) is 4. The van der Waals surface area contributed by atoms with Gasteiger partial charge in [0.15, 0.2) is 11.4 Å². The Bertz CT molecular complexity index is 1070. The van der Waals surface area contributed by atoms with Crippen molar-refractivity contribution in [3.63, 3.8) is 0 Å². The molecule has 0 unspecified atom stereocenters. The van der Waals surface area contributed by atoms with E-state index in [0.29, 0.717) is 29.5 Å². The van der Waals surface area contributed by atoms with Gasteiger partial charge in [0, 0.05) is 19.2 Å². The van der Waals surface area contributed by atoms with Crippen LogP contribution < -0.4 is 4.90 Å². The molecule has 0 fully saturated rings. The summed E-state index contributed by atoms with van der Waals surface area (Å²) in [6.07, 6.45) is 1.55. The molecule has 0 aliphatic heterocycles. The summed E-state index contributed by atoms with van der Waals surface area (Å²) in [5, 5.41) is 4.75. The first-order valence-electron chi connectivity index (χ1n) is 9.00. The maximum Gasteiger partial charge on any atom is 0.169 e. The van der Waals surface area contributed by atoms with Gasteiger partial charge >= 0.3 is 0 Å². The molecule has 0 saturated carbocycles. The number of halogens is 1. The summed E-state index contributed by atoms with van der Waals surface area (Å²) >= 11 is 6.32. The van der Waals surface area contributed by atoms with Crippen molar-refractivity contribution in [1.29, 1.82) is 0 Å². The molecule has 0 amide bonds. The zero-order valence-electron chi connectivity index (χ0n) is 15.4. The third kappa shape index (κ3) is 3.75. The first kappa shape index (κ1) is 18.2. The Labute approximate surface area is 168 Å². The van der Waals surface area contributed by atoms with E-state index in [4.69, 9.17) is 11.6 Å². The minimum absolute atomic E-state index is 0.0895. The molecule has 140 valence electrons. The largest absolute Gasteiger partial charge is 0.348 e. The van der Waals surface area contributed by atoms with Crippen LogP contribution in [0.3, 0.4) is 0 Å². The van der Waals surface area contributed by atoms with Gasteiger partial charge < -0.3 is 4.90 Å². The quantitative estimate of drug-likeness (QED) is 0.351. The zero-order valence-corrected chi connectivity index (χ0v) is 16.2. The number of ketones is 1. The molecular formula is C22H19ClN4O. The molecule has 2 aromatic carbocycles. The van der Waals surface area contributed by atoms with Gasteiger partial charge in [-0.05, 0) is 18.1 Å². The summed E-state index contributed by atoms with van der Waals surface area (Å²) in [6, 6.07) is 22.2. The topological polar surface area (TPSA) is 50.5 Å². The van der Waals surface area contributed by atoms with Crippen LogP contribution in [-0.4, -0.2) is 20.4 Å². The van der Waals surface area contributed by atoms with Crippen LogP contribution in [-0.2, 0) is 13.1 Å². The molecule has 0 radical (unpaired) electrons. The van der Waals surface area contributed by atoms with E-state index in [9.17, 15) is 4.79 Å². The minimum Gasteiger partial charge on any atom is -0.348 e. The Balaban J connectivity index is 1.82. The van der Waals surface area contributed by atoms with Crippen molar-refractivity contribution in [3.8, 4) is 0 Å². The number of Topliss-reactive ketones (excluding diaryl/α,β-unsaturated/α-hetero) is 1. The summed E-state index contributed by atoms with van der Waals surface area (Å²) < 4.78 is 1.69. The number of hydrogen-bond donors (Lipinski definition) is 0. The van der Waals surface area contributed by atoms with Crippen molar-refractivity contribution in [2.45, 2.75) is 20.0 Å². The van der Waals surface area contributed by atoms with Crippen molar-refractivity contribution in [1.82, 2.24) is 14.6 Å². The zero-order chi connectivity index (χ0) is 19.5. The molecule has 0 spiro atoms. The molecule has 0 aliphatic carbocycles. The molecule has 0 saturated heterocycles. The fraction of sp³-hybridized carbons (Fsp3) is 0.136. The van der Waals surface area contributed by atoms with Crippen LogP contribution in [0.5, 0.6) is 0 Å². The van der Waals surface area contributed by atoms with Gasteiger partial charge in [-0.15, -0.1) is 0 Å². The highest BCUT2D eigenvalue weighted by molar-refractivity contribution is 6.29. The van der Waals surface area contributed by atoms with Crippen molar-refractivity contribution in [2.75, 3.05) is 4.90 Å². The number of aromatic nitrogens is 3. The maximum atomic E-state index is 11.9. The van der Waals surface area contributed by atoms with Crippen LogP contribution in [0, 0.1) is 0 Å². The van der Waals surface area contributed by atoms with E-state index in [-0.39, 0.29) is 5.78 Å². The van der Waals surface area contributed by atoms with Gasteiger partial charge in [0.05, 0.1) is 11.8 Å². The van der Waals surface area contributed by atoms with Gasteiger partial charge in [0.2, 0.25) is 0 Å². The van der Waals surface area contributed by atoms with Crippen LogP contribution in [0.15, 0.2) is 72.9 Å². The minimum atomic E-state index is -0.0895. The van der Waals surface area contributed by atoms with Crippen molar-refractivity contribution >= 4 is 28.8 Å². The highest BCUT2D eigenvalue weighted by Gasteiger charge is 2.18. The Kier molecular flexibility index (Phi) is 5.08. The Hall–Kier alpha value is -3.18. The number of carbonyl (C=O) groups excluding carboxylic acids is 1. The lowest BCUT2D eigenvalue weighted by Crippen LogP contribution is -2.25. The van der Waals surface area contributed by atoms with Gasteiger partial charge in [-0.2, -0.15) is 9.61 Å². The first-order valence-corrected chi connectivity index (χ1v) is 9.37. The van der Waals surface area contributed by atoms with E-state index in [0.717, 1.165) is 5.82 Å². The highest BCUT2D eigenvalue weighted by atomic mass is 35.5. The SMILES string of the molecule is CC(=O)c1cnn2c(N(Cc3ccccc3)Cc3ccccc3)cc(Cl)nc12. The number of fused-ring (bicyclic) bond motifs is 1. The van der Waals surface area contributed by atoms with E-state index in [2.05, 4.69) is 39.2 Å². The molecule has 4 rings (SSSR count). The number of rotatable bonds is 6. The second-order valence-corrected chi connectivity index (χ2v) is 7.00. The summed E-state index contributed by atoms with van der Waals surface area (Å²) in [7, 11) is 0. The van der Waals surface area contributed by atoms with Crippen LogP contribution in [0.4, 0.5) is 5.82 Å². The fourth-order valence-electron chi connectivity index (χ4n) is 3.22. The van der Waals surface area contributed by atoms with Crippen LogP contribution in [0.25, 0.3) is 5.65 Å². The van der Waals surface area contributed by atoms with Crippen LogP contribution in [0.2, 0.25) is 5.15 Å². The lowest BCUT2D eigenvalue weighted by atomic mass is 10.1. The second kappa shape index (κ2) is 7.82. The molecule has 2 heterocycles. The van der Waals surface area contributed by atoms with Gasteiger partial charge in [0.1, 0.15) is 11.0 Å². The van der Waals surface area contributed by atoms with Gasteiger partial charge in [-0.1, -0.05) is 72.3 Å². The first-order chi connectivity index (χ1) is 13.6. The third-order valence-corrected chi connectivity index (χ3v) is 4.75. The molecule has 5 nitrogen and oxygen atoms in total. The predicted octanol–water partition coefficient (Wildman–Crippen LogP) is 4.79. The monoisotopic (exact) mass is 390 g/mol. The Morgan fingerprint density at radius 1 is 1.00 bits per heavy atom. The lowest BCUT2D eigenvalue weighted by Gasteiger charge is -2.25. The molecule has 2 aromatic heterocycles. The molecule has 0 bridgehead atoms. The maximum absolute atomic E-state index is 11.9. The molecular weight excluding hydrogens is 372 g/mol. The fourth-order valence-corrected chi connectivity index (χ4v) is 3.40. The summed E-state index contributed by atoms with van der Waals surface area (Å²) in [5.41, 5.74) is 3.26. The normalized spacial score (nSPS) is 10.9. The van der Waals surface area contributed by atoms with Crippen LogP contribution in [0.1, 0.15) is 28.4 Å². The highest BCUT2D eigenvalue weighted by Crippen LogP contribution is 2.25. The van der Waals surface area contributed by atoms with Crippen molar-refractivity contribution in [3.05, 3.63) is 94.8 Å². The smallest absolute Gasteiger partial charge is 0.169 e. The summed E-state index contributed by atoms with van der Waals surface area (Å²) in [4.78, 5) is 18.5. The number of anilines is 1. The summed E-state index contributed by atoms with van der Waals surface area (Å²) in [5.74, 6) is 0.698. The molecule has 28 heavy (non-hydrogen) atoms. The van der Waals surface area contributed by atoms with Crippen molar-refractivity contribution in [2.24, 2.45) is 0 Å².